The zero-order chi connectivity index (χ0) is 86.1. The summed E-state index contributed by atoms with van der Waals surface area (Å²) in [6, 6.07) is 21.5. The van der Waals surface area contributed by atoms with Crippen LogP contribution >= 0.6 is 0 Å². The average molecular weight is 1690 g/mol. The lowest BCUT2D eigenvalue weighted by Crippen LogP contribution is -2.67. The van der Waals surface area contributed by atoms with Crippen LogP contribution in [0.25, 0.3) is 0 Å². The Hall–Kier alpha value is -7.63. The molecule has 24 N–H and O–H groups in total. The van der Waals surface area contributed by atoms with E-state index in [1.807, 2.05) is 131 Å². The number of carbonyl (C=O) groups excluding carboxylic acids is 5. The van der Waals surface area contributed by atoms with E-state index in [9.17, 15) is 59.7 Å². The zero-order valence-electron chi connectivity index (χ0n) is 67.6. The van der Waals surface area contributed by atoms with Crippen LogP contribution in [-0.2, 0) is 100 Å². The van der Waals surface area contributed by atoms with Crippen molar-refractivity contribution in [3.05, 3.63) is 156 Å². The Labute approximate surface area is 696 Å². The maximum absolute atomic E-state index is 13.6. The molecule has 0 spiro atoms. The minimum atomic E-state index is -1.59. The van der Waals surface area contributed by atoms with E-state index < -0.39 is 226 Å². The van der Waals surface area contributed by atoms with Crippen molar-refractivity contribution in [2.75, 3.05) is 32.8 Å². The van der Waals surface area contributed by atoms with E-state index in [4.69, 9.17) is 105 Å². The number of hydrogen-bond acceptors (Lipinski definition) is 33. The molecule has 120 heavy (non-hydrogen) atoms. The lowest BCUT2D eigenvalue weighted by molar-refractivity contribution is -0.287. The maximum atomic E-state index is 13.6. The number of aliphatic hydroxyl groups is 7. The molecule has 3 aromatic carbocycles. The van der Waals surface area contributed by atoms with Crippen LogP contribution in [0.4, 0.5) is 14.4 Å². The SMILES string of the molecule is CC[C@H]1C=C[C@@H](NC(=O)OCc2ccccc2)[C@@H](O[C@H]2[C@@H](O)[C@H](O[C@@H]3[C@@H](O)[C@H](NC(=O)[C@@H](O)CCNC(=O)OCc4ccccc4)C[C@H](C)[C@H]3O[C@H]3O[C@H](CC)C=C[C@H]3NC(=O)OCc3ccccc3)O[C@@H]2CC)O1.NCC[C@H](O)C(=O)N[C@@H]1C[C@H](N)[C@@H](O[C@H]2O[C@H](CN)C=C[C@H]2N)[C@H](O[C@@H]2O[C@H](CO)[C@@H](O[C@H]3O[C@@H](CN)C=C[C@H]3N)[C@H]2O)[C@H]1O. The maximum Gasteiger partial charge on any atom is 0.408 e. The highest BCUT2D eigenvalue weighted by Crippen LogP contribution is 2.39. The summed E-state index contributed by atoms with van der Waals surface area (Å²) >= 11 is 0. The Morgan fingerprint density at radius 3 is 1.27 bits per heavy atom. The molecule has 6 aliphatic heterocycles. The summed E-state index contributed by atoms with van der Waals surface area (Å²) in [6.45, 7) is 7.34. The third-order valence-corrected chi connectivity index (χ3v) is 21.7. The quantitative estimate of drug-likeness (QED) is 0.0243. The molecule has 11 rings (SSSR count). The van der Waals surface area contributed by atoms with Gasteiger partial charge in [-0.1, -0.05) is 167 Å². The van der Waals surface area contributed by atoms with E-state index in [0.29, 0.717) is 19.3 Å². The van der Waals surface area contributed by atoms with Crippen molar-refractivity contribution in [1.29, 1.82) is 0 Å². The van der Waals surface area contributed by atoms with Crippen LogP contribution in [-0.4, -0.2) is 289 Å². The molecule has 0 bridgehead atoms. The summed E-state index contributed by atoms with van der Waals surface area (Å²) in [6.07, 6.45) is -13.7. The highest BCUT2D eigenvalue weighted by Gasteiger charge is 2.56. The van der Waals surface area contributed by atoms with Gasteiger partial charge in [-0.2, -0.15) is 0 Å². The summed E-state index contributed by atoms with van der Waals surface area (Å²) in [4.78, 5) is 64.8. The number of amides is 5. The molecule has 2 aliphatic carbocycles. The number of hydrogen-bond donors (Lipinski definition) is 18. The van der Waals surface area contributed by atoms with E-state index in [0.717, 1.165) is 16.7 Å². The second kappa shape index (κ2) is 46.7. The Morgan fingerprint density at radius 1 is 0.433 bits per heavy atom. The topological polar surface area (TPSA) is 582 Å². The van der Waals surface area contributed by atoms with Crippen molar-refractivity contribution in [3.63, 3.8) is 0 Å². The lowest BCUT2D eigenvalue weighted by Gasteiger charge is -2.46. The molecule has 4 fully saturated rings. The van der Waals surface area contributed by atoms with Crippen LogP contribution in [0.15, 0.2) is 140 Å². The number of benzene rings is 3. The summed E-state index contributed by atoms with van der Waals surface area (Å²) in [5.74, 6) is -2.09. The Bertz CT molecular complexity index is 3760. The Balaban J connectivity index is 0.000000286. The van der Waals surface area contributed by atoms with Gasteiger partial charge in [-0.3, -0.25) is 9.59 Å². The van der Waals surface area contributed by atoms with Gasteiger partial charge in [0.15, 0.2) is 37.7 Å². The molecule has 2 saturated heterocycles. The smallest absolute Gasteiger partial charge is 0.408 e. The second-order valence-corrected chi connectivity index (χ2v) is 30.6. The molecular formula is C82H121N11O27. The number of rotatable bonds is 35. The van der Waals surface area contributed by atoms with Crippen molar-refractivity contribution in [2.24, 2.45) is 40.3 Å². The normalized spacial score (nSPS) is 35.7. The molecule has 38 nitrogen and oxygen atoms in total. The first kappa shape index (κ1) is 94.6. The number of aliphatic hydroxyl groups excluding tert-OH is 7. The van der Waals surface area contributed by atoms with Crippen LogP contribution in [0.3, 0.4) is 0 Å². The van der Waals surface area contributed by atoms with Gasteiger partial charge in [-0.15, -0.1) is 0 Å². The first-order valence-electron chi connectivity index (χ1n) is 41.0. The van der Waals surface area contributed by atoms with Crippen LogP contribution in [0.2, 0.25) is 0 Å². The number of alkyl carbamates (subject to hydrolysis) is 3. The monoisotopic (exact) mass is 1690 g/mol. The lowest BCUT2D eigenvalue weighted by atomic mass is 9.80. The van der Waals surface area contributed by atoms with Gasteiger partial charge in [0.05, 0.1) is 67.4 Å². The predicted molar refractivity (Wildman–Crippen MR) is 426 cm³/mol. The number of nitrogens with two attached hydrogens (primary N) is 6. The van der Waals surface area contributed by atoms with E-state index in [1.54, 1.807) is 36.5 Å². The minimum Gasteiger partial charge on any atom is -0.445 e. The van der Waals surface area contributed by atoms with Crippen LogP contribution in [0.5, 0.6) is 0 Å². The first-order valence-corrected chi connectivity index (χ1v) is 41.0. The molecule has 38 heteroatoms. The molecule has 32 atom stereocenters. The summed E-state index contributed by atoms with van der Waals surface area (Å²) < 4.78 is 90.8. The molecular weight excluding hydrogens is 1570 g/mol. The number of carbonyl (C=O) groups is 5. The predicted octanol–water partition coefficient (Wildman–Crippen LogP) is -1.19. The van der Waals surface area contributed by atoms with Crippen LogP contribution < -0.4 is 61.0 Å². The largest absolute Gasteiger partial charge is 0.445 e. The van der Waals surface area contributed by atoms with Gasteiger partial charge in [0.2, 0.25) is 11.8 Å². The highest BCUT2D eigenvalue weighted by atomic mass is 16.8. The number of nitrogens with one attached hydrogen (secondary N) is 5. The van der Waals surface area contributed by atoms with E-state index >= 15 is 0 Å². The zero-order valence-corrected chi connectivity index (χ0v) is 67.6. The van der Waals surface area contributed by atoms with Crippen molar-refractivity contribution >= 4 is 30.1 Å². The van der Waals surface area contributed by atoms with Crippen LogP contribution in [0.1, 0.15) is 89.3 Å². The fourth-order valence-electron chi connectivity index (χ4n) is 14.9. The number of ether oxygens (including phenoxy) is 15. The van der Waals surface area contributed by atoms with Gasteiger partial charge < -0.3 is 168 Å². The van der Waals surface area contributed by atoms with Gasteiger partial charge in [0.1, 0.15) is 105 Å². The van der Waals surface area contributed by atoms with Crippen molar-refractivity contribution in [1.82, 2.24) is 26.6 Å². The summed E-state index contributed by atoms with van der Waals surface area (Å²) in [5, 5.41) is 91.8. The van der Waals surface area contributed by atoms with Crippen molar-refractivity contribution in [2.45, 2.75) is 282 Å². The second-order valence-electron chi connectivity index (χ2n) is 30.6. The average Bonchev–Trinajstić information content (AvgIpc) is 1.46. The van der Waals surface area contributed by atoms with Gasteiger partial charge in [-0.05, 0) is 74.1 Å². The van der Waals surface area contributed by atoms with Gasteiger partial charge >= 0.3 is 18.3 Å². The van der Waals surface area contributed by atoms with Gasteiger partial charge in [-0.25, -0.2) is 14.4 Å². The first-order chi connectivity index (χ1) is 57.8. The van der Waals surface area contributed by atoms with E-state index in [-0.39, 0.29) is 77.8 Å². The molecule has 0 unspecified atom stereocenters. The molecule has 8 aliphatic rings. The molecule has 5 amide bonds. The fourth-order valence-corrected chi connectivity index (χ4v) is 14.9. The third kappa shape index (κ3) is 26.2. The molecule has 0 radical (unpaired) electrons. The van der Waals surface area contributed by atoms with E-state index in [1.165, 1.54) is 0 Å². The minimum absolute atomic E-state index is 0.00132. The van der Waals surface area contributed by atoms with Crippen molar-refractivity contribution < 1.29 is 131 Å². The highest BCUT2D eigenvalue weighted by molar-refractivity contribution is 5.81. The molecule has 0 aromatic heterocycles. The molecule has 3 aromatic rings. The Morgan fingerprint density at radius 2 is 0.825 bits per heavy atom. The molecule has 2 saturated carbocycles. The summed E-state index contributed by atoms with van der Waals surface area (Å²) in [5.41, 5.74) is 38.1. The fraction of sp³-hybridized carbons (Fsp3) is 0.622. The standard InChI is InChI=1S/C55H72N4O16.C27H49N7O11/c1-5-37-23-25-39(58-54(65)68-31-35-19-13-9-14-20-35)50(70-37)73-46-33(4)29-41(57-49(63)42(60)27-28-56-53(64)67-30-34-17-11-8-12-18-34)44(61)48(46)75-52-45(62)47(43(7-3)72-52)74-51-40(26-24-38(6-2)71-51)59-55(66)69-32-36-21-15-10-16-22-36;28-6-5-17(36)24(39)34-16-7-15(33)21(43-25-13(31)3-1-11(8-29)40-25)23(19(16)37)45-27-20(38)22(18(10-35)42-27)44-26-14(32)4-2-12(9-30)41-26/h8-26,33,37-48,50-52,60-62H,5-7,27-32H2,1-4H3,(H,56,64)(H,57,63)(H,58,65)(H,59,66);1-4,11-23,25-27,35-38H,5-10,28-33H2,(H,34,39)/t33-,37+,38-,39+,40+,41+,42-,43+,44-,45+,46+,47+,48+,50+,51+,52-;11-,12+,13+,14+,15-,16+,17-,18+,19-,20+,21+,22+,23+,25+,26+,27-/m00/s1. The summed E-state index contributed by atoms with van der Waals surface area (Å²) in [7, 11) is 0. The Kier molecular flexibility index (Phi) is 36.9. The molecule has 666 valence electrons. The van der Waals surface area contributed by atoms with Crippen LogP contribution in [0, 0.1) is 5.92 Å². The molecule has 6 heterocycles. The van der Waals surface area contributed by atoms with Gasteiger partial charge in [0.25, 0.3) is 0 Å². The van der Waals surface area contributed by atoms with E-state index in [2.05, 4.69) is 26.6 Å². The third-order valence-electron chi connectivity index (χ3n) is 21.7. The van der Waals surface area contributed by atoms with Gasteiger partial charge in [0, 0.05) is 25.7 Å². The van der Waals surface area contributed by atoms with Crippen molar-refractivity contribution in [3.8, 4) is 0 Å².